The second kappa shape index (κ2) is 6.16. The first-order chi connectivity index (χ1) is 8.74. The fourth-order valence-corrected chi connectivity index (χ4v) is 1.80. The number of hydrogen-bond acceptors (Lipinski definition) is 2. The molecule has 0 atom stereocenters. The van der Waals surface area contributed by atoms with Gasteiger partial charge in [-0.3, -0.25) is 4.98 Å². The van der Waals surface area contributed by atoms with E-state index in [1.54, 1.807) is 18.5 Å². The molecule has 0 saturated heterocycles. The van der Waals surface area contributed by atoms with Crippen LogP contribution in [0.5, 0.6) is 0 Å². The molecule has 18 heavy (non-hydrogen) atoms. The first-order valence-corrected chi connectivity index (χ1v) is 6.22. The molecule has 2 N–H and O–H groups in total. The lowest BCUT2D eigenvalue weighted by Crippen LogP contribution is -2.28. The summed E-state index contributed by atoms with van der Waals surface area (Å²) >= 11 is 3.29. The maximum Gasteiger partial charge on any atom is 0.319 e. The standard InChI is InChI=1S/C13H12BrN3O/c14-11-6-12(9-15-8-11)17-13(18)16-7-10-4-2-1-3-5-10/h1-6,8-9H,7H2,(H2,16,17,18). The highest BCUT2D eigenvalue weighted by molar-refractivity contribution is 9.10. The Morgan fingerprint density at radius 1 is 1.22 bits per heavy atom. The first kappa shape index (κ1) is 12.6. The molecule has 2 aromatic rings. The van der Waals surface area contributed by atoms with Crippen LogP contribution >= 0.6 is 15.9 Å². The van der Waals surface area contributed by atoms with Gasteiger partial charge in [-0.2, -0.15) is 0 Å². The molecule has 1 heterocycles. The minimum absolute atomic E-state index is 0.251. The third-order valence-corrected chi connectivity index (χ3v) is 2.69. The number of carbonyl (C=O) groups excluding carboxylic acids is 1. The zero-order valence-corrected chi connectivity index (χ0v) is 11.1. The van der Waals surface area contributed by atoms with Crippen molar-refractivity contribution in [2.24, 2.45) is 0 Å². The molecule has 5 heteroatoms. The van der Waals surface area contributed by atoms with Crippen LogP contribution in [-0.4, -0.2) is 11.0 Å². The Hall–Kier alpha value is -1.88. The van der Waals surface area contributed by atoms with E-state index in [1.807, 2.05) is 30.3 Å². The van der Waals surface area contributed by atoms with Crippen molar-refractivity contribution in [3.8, 4) is 0 Å². The number of amides is 2. The number of rotatable bonds is 3. The number of aromatic nitrogens is 1. The van der Waals surface area contributed by atoms with E-state index in [1.165, 1.54) is 0 Å². The van der Waals surface area contributed by atoms with Crippen molar-refractivity contribution in [2.75, 3.05) is 5.32 Å². The number of nitrogens with zero attached hydrogens (tertiary/aromatic N) is 1. The summed E-state index contributed by atoms with van der Waals surface area (Å²) in [6, 6.07) is 11.3. The number of nitrogens with one attached hydrogen (secondary N) is 2. The van der Waals surface area contributed by atoms with Gasteiger partial charge in [-0.1, -0.05) is 30.3 Å². The van der Waals surface area contributed by atoms with Crippen molar-refractivity contribution in [2.45, 2.75) is 6.54 Å². The third kappa shape index (κ3) is 3.85. The van der Waals surface area contributed by atoms with E-state index in [0.29, 0.717) is 12.2 Å². The molecule has 2 amide bonds. The summed E-state index contributed by atoms with van der Waals surface area (Å²) in [4.78, 5) is 15.6. The normalized spacial score (nSPS) is 9.83. The number of halogens is 1. The van der Waals surface area contributed by atoms with Crippen LogP contribution in [0.15, 0.2) is 53.3 Å². The average Bonchev–Trinajstić information content (AvgIpc) is 2.38. The highest BCUT2D eigenvalue weighted by atomic mass is 79.9. The minimum atomic E-state index is -0.251. The van der Waals surface area contributed by atoms with Gasteiger partial charge in [0, 0.05) is 17.2 Å². The Labute approximate surface area is 114 Å². The summed E-state index contributed by atoms with van der Waals surface area (Å²) in [5.41, 5.74) is 1.70. The molecule has 1 aromatic heterocycles. The van der Waals surface area contributed by atoms with E-state index in [-0.39, 0.29) is 6.03 Å². The predicted octanol–water partition coefficient (Wildman–Crippen LogP) is 3.17. The summed E-state index contributed by atoms with van der Waals surface area (Å²) in [5.74, 6) is 0. The van der Waals surface area contributed by atoms with Crippen LogP contribution in [0.4, 0.5) is 10.5 Å². The lowest BCUT2D eigenvalue weighted by atomic mass is 10.2. The number of benzene rings is 1. The largest absolute Gasteiger partial charge is 0.334 e. The van der Waals surface area contributed by atoms with Crippen molar-refractivity contribution < 1.29 is 4.79 Å². The van der Waals surface area contributed by atoms with Gasteiger partial charge in [-0.25, -0.2) is 4.79 Å². The van der Waals surface area contributed by atoms with E-state index in [9.17, 15) is 4.79 Å². The van der Waals surface area contributed by atoms with Gasteiger partial charge in [0.25, 0.3) is 0 Å². The number of urea groups is 1. The van der Waals surface area contributed by atoms with Gasteiger partial charge < -0.3 is 10.6 Å². The summed E-state index contributed by atoms with van der Waals surface area (Å²) in [5, 5.41) is 5.48. The Balaban J connectivity index is 1.86. The van der Waals surface area contributed by atoms with Crippen LogP contribution < -0.4 is 10.6 Å². The molecule has 0 bridgehead atoms. The maximum atomic E-state index is 11.6. The molecule has 2 rings (SSSR count). The number of pyridine rings is 1. The Bertz CT molecular complexity index is 531. The van der Waals surface area contributed by atoms with Gasteiger partial charge in [0.15, 0.2) is 0 Å². The summed E-state index contributed by atoms with van der Waals surface area (Å²) < 4.78 is 0.823. The highest BCUT2D eigenvalue weighted by Gasteiger charge is 2.02. The van der Waals surface area contributed by atoms with Gasteiger partial charge >= 0.3 is 6.03 Å². The van der Waals surface area contributed by atoms with Crippen molar-refractivity contribution in [1.82, 2.24) is 10.3 Å². The SMILES string of the molecule is O=C(NCc1ccccc1)Nc1cncc(Br)c1. The van der Waals surface area contributed by atoms with E-state index in [2.05, 4.69) is 31.5 Å². The van der Waals surface area contributed by atoms with Crippen LogP contribution in [0.25, 0.3) is 0 Å². The van der Waals surface area contributed by atoms with Crippen molar-refractivity contribution in [3.05, 3.63) is 58.8 Å². The van der Waals surface area contributed by atoms with Gasteiger partial charge in [0.05, 0.1) is 11.9 Å². The molecule has 0 radical (unpaired) electrons. The quantitative estimate of drug-likeness (QED) is 0.915. The molecule has 92 valence electrons. The van der Waals surface area contributed by atoms with E-state index in [4.69, 9.17) is 0 Å². The fourth-order valence-electron chi connectivity index (χ4n) is 1.43. The molecule has 0 aliphatic rings. The molecule has 0 aliphatic heterocycles. The van der Waals surface area contributed by atoms with Gasteiger partial charge in [0.2, 0.25) is 0 Å². The summed E-state index contributed by atoms with van der Waals surface area (Å²) in [6.07, 6.45) is 3.25. The third-order valence-electron chi connectivity index (χ3n) is 2.26. The number of hydrogen-bond donors (Lipinski definition) is 2. The maximum absolute atomic E-state index is 11.6. The first-order valence-electron chi connectivity index (χ1n) is 5.43. The van der Waals surface area contributed by atoms with Gasteiger partial charge in [-0.05, 0) is 27.6 Å². The molecular weight excluding hydrogens is 294 g/mol. The highest BCUT2D eigenvalue weighted by Crippen LogP contribution is 2.13. The molecule has 0 spiro atoms. The second-order valence-corrected chi connectivity index (χ2v) is 4.60. The van der Waals surface area contributed by atoms with E-state index in [0.717, 1.165) is 10.0 Å². The Morgan fingerprint density at radius 2 is 2.00 bits per heavy atom. The minimum Gasteiger partial charge on any atom is -0.334 e. The molecule has 4 nitrogen and oxygen atoms in total. The summed E-state index contributed by atoms with van der Waals surface area (Å²) in [7, 11) is 0. The Morgan fingerprint density at radius 3 is 2.72 bits per heavy atom. The van der Waals surface area contributed by atoms with E-state index >= 15 is 0 Å². The van der Waals surface area contributed by atoms with Crippen molar-refractivity contribution in [1.29, 1.82) is 0 Å². The molecule has 0 unspecified atom stereocenters. The smallest absolute Gasteiger partial charge is 0.319 e. The van der Waals surface area contributed by atoms with Crippen molar-refractivity contribution >= 4 is 27.6 Å². The lowest BCUT2D eigenvalue weighted by Gasteiger charge is -2.07. The average molecular weight is 306 g/mol. The van der Waals surface area contributed by atoms with Gasteiger partial charge in [0.1, 0.15) is 0 Å². The zero-order valence-electron chi connectivity index (χ0n) is 9.56. The van der Waals surface area contributed by atoms with Crippen LogP contribution in [0.1, 0.15) is 5.56 Å². The second-order valence-electron chi connectivity index (χ2n) is 3.69. The fraction of sp³-hybridized carbons (Fsp3) is 0.0769. The molecule has 0 fully saturated rings. The zero-order chi connectivity index (χ0) is 12.8. The van der Waals surface area contributed by atoms with Crippen LogP contribution in [0, 0.1) is 0 Å². The molecule has 0 aliphatic carbocycles. The van der Waals surface area contributed by atoms with Gasteiger partial charge in [-0.15, -0.1) is 0 Å². The predicted molar refractivity (Wildman–Crippen MR) is 74.2 cm³/mol. The summed E-state index contributed by atoms with van der Waals surface area (Å²) in [6.45, 7) is 0.494. The monoisotopic (exact) mass is 305 g/mol. The lowest BCUT2D eigenvalue weighted by molar-refractivity contribution is 0.251. The molecule has 1 aromatic carbocycles. The van der Waals surface area contributed by atoms with Crippen LogP contribution in [0.2, 0.25) is 0 Å². The number of anilines is 1. The van der Waals surface area contributed by atoms with Crippen LogP contribution in [0.3, 0.4) is 0 Å². The topological polar surface area (TPSA) is 54.0 Å². The molecule has 0 saturated carbocycles. The Kier molecular flexibility index (Phi) is 4.30. The number of carbonyl (C=O) groups is 1. The van der Waals surface area contributed by atoms with E-state index < -0.39 is 0 Å². The van der Waals surface area contributed by atoms with Crippen LogP contribution in [-0.2, 0) is 6.54 Å². The van der Waals surface area contributed by atoms with Crippen molar-refractivity contribution in [3.63, 3.8) is 0 Å². The molecular formula is C13H12BrN3O.